The molecule has 144 valence electrons. The molecule has 1 atom stereocenters. The molecule has 1 aromatic carbocycles. The van der Waals surface area contributed by atoms with E-state index in [4.69, 9.17) is 5.26 Å². The Bertz CT molecular complexity index is 1160. The molecule has 0 unspecified atom stereocenters. The lowest BCUT2D eigenvalue weighted by Gasteiger charge is -2.18. The molecule has 0 amide bonds. The third kappa shape index (κ3) is 3.00. The number of aromatic nitrogens is 3. The standard InChI is InChI=1S/C22H19N5OS/c1-2-29(28)17-3-4-18-20(10-17)27(14-22(18)6-7-22)21-25-12-16(13-26-21)19-9-15(11-23)5-8-24-19/h3-5,8-10,12-13H,2,6-7,14H2,1H3/t29-/m1/s1. The Morgan fingerprint density at radius 2 is 1.97 bits per heavy atom. The molecule has 3 heterocycles. The van der Waals surface area contributed by atoms with E-state index in [0.717, 1.165) is 35.5 Å². The molecular weight excluding hydrogens is 382 g/mol. The molecule has 5 rings (SSSR count). The zero-order valence-electron chi connectivity index (χ0n) is 16.0. The Morgan fingerprint density at radius 1 is 1.17 bits per heavy atom. The van der Waals surface area contributed by atoms with Crippen LogP contribution >= 0.6 is 0 Å². The molecule has 1 saturated carbocycles. The Morgan fingerprint density at radius 3 is 2.66 bits per heavy atom. The monoisotopic (exact) mass is 401 g/mol. The van der Waals surface area contributed by atoms with E-state index < -0.39 is 10.8 Å². The van der Waals surface area contributed by atoms with Gasteiger partial charge in [-0.3, -0.25) is 9.19 Å². The van der Waals surface area contributed by atoms with E-state index in [-0.39, 0.29) is 5.41 Å². The van der Waals surface area contributed by atoms with Gasteiger partial charge in [0, 0.05) is 52.4 Å². The van der Waals surface area contributed by atoms with E-state index >= 15 is 0 Å². The summed E-state index contributed by atoms with van der Waals surface area (Å²) in [5.41, 5.74) is 4.57. The van der Waals surface area contributed by atoms with Crippen LogP contribution in [0.5, 0.6) is 0 Å². The van der Waals surface area contributed by atoms with Crippen molar-refractivity contribution < 1.29 is 4.21 Å². The van der Waals surface area contributed by atoms with Crippen molar-refractivity contribution in [1.29, 1.82) is 5.26 Å². The lowest BCUT2D eigenvalue weighted by molar-refractivity contribution is 0.684. The minimum Gasteiger partial charge on any atom is -0.309 e. The van der Waals surface area contributed by atoms with Crippen molar-refractivity contribution >= 4 is 22.4 Å². The summed E-state index contributed by atoms with van der Waals surface area (Å²) >= 11 is 0. The second kappa shape index (κ2) is 6.75. The lowest BCUT2D eigenvalue weighted by Crippen LogP contribution is -2.21. The molecule has 3 aromatic rings. The third-order valence-electron chi connectivity index (χ3n) is 5.74. The molecule has 2 aromatic heterocycles. The number of hydrogen-bond donors (Lipinski definition) is 0. The van der Waals surface area contributed by atoms with Gasteiger partial charge in [-0.05, 0) is 42.7 Å². The fraction of sp³-hybridized carbons (Fsp3) is 0.273. The van der Waals surface area contributed by atoms with Crippen molar-refractivity contribution in [1.82, 2.24) is 15.0 Å². The lowest BCUT2D eigenvalue weighted by atomic mass is 9.99. The number of anilines is 2. The van der Waals surface area contributed by atoms with Crippen LogP contribution in [-0.2, 0) is 16.2 Å². The first-order valence-corrected chi connectivity index (χ1v) is 10.9. The second-order valence-electron chi connectivity index (χ2n) is 7.49. The van der Waals surface area contributed by atoms with Gasteiger partial charge in [-0.15, -0.1) is 0 Å². The van der Waals surface area contributed by atoms with Crippen molar-refractivity contribution in [2.24, 2.45) is 0 Å². The second-order valence-corrected chi connectivity index (χ2v) is 9.23. The maximum absolute atomic E-state index is 12.3. The summed E-state index contributed by atoms with van der Waals surface area (Å²) in [7, 11) is -0.992. The molecule has 0 radical (unpaired) electrons. The fourth-order valence-electron chi connectivity index (χ4n) is 3.97. The van der Waals surface area contributed by atoms with E-state index in [1.165, 1.54) is 5.56 Å². The first kappa shape index (κ1) is 18.0. The predicted molar refractivity (Wildman–Crippen MR) is 111 cm³/mol. The summed E-state index contributed by atoms with van der Waals surface area (Å²) < 4.78 is 12.3. The molecule has 1 aliphatic carbocycles. The fourth-order valence-corrected chi connectivity index (χ4v) is 4.77. The van der Waals surface area contributed by atoms with Gasteiger partial charge in [0.05, 0.1) is 28.1 Å². The average molecular weight is 401 g/mol. The normalized spacial score (nSPS) is 17.0. The highest BCUT2D eigenvalue weighted by Crippen LogP contribution is 2.57. The molecule has 1 spiro atoms. The van der Waals surface area contributed by atoms with Gasteiger partial charge in [0.15, 0.2) is 0 Å². The molecule has 1 aliphatic heterocycles. The minimum atomic E-state index is -0.992. The Hall–Kier alpha value is -3.11. The van der Waals surface area contributed by atoms with Crippen molar-refractivity contribution in [3.05, 3.63) is 60.0 Å². The molecular formula is C22H19N5OS. The zero-order valence-corrected chi connectivity index (χ0v) is 16.8. The Kier molecular flexibility index (Phi) is 4.18. The predicted octanol–water partition coefficient (Wildman–Crippen LogP) is 3.72. The van der Waals surface area contributed by atoms with Crippen molar-refractivity contribution in [2.75, 3.05) is 17.2 Å². The van der Waals surface area contributed by atoms with Gasteiger partial charge in [0.2, 0.25) is 5.95 Å². The molecule has 6 nitrogen and oxygen atoms in total. The Balaban J connectivity index is 1.51. The Labute approximate surface area is 171 Å². The number of nitriles is 1. The first-order valence-electron chi connectivity index (χ1n) is 9.62. The summed E-state index contributed by atoms with van der Waals surface area (Å²) in [6.07, 6.45) is 7.44. The van der Waals surface area contributed by atoms with Gasteiger partial charge in [0.25, 0.3) is 0 Å². The maximum Gasteiger partial charge on any atom is 0.229 e. The van der Waals surface area contributed by atoms with Crippen LogP contribution in [0.2, 0.25) is 0 Å². The smallest absolute Gasteiger partial charge is 0.229 e. The van der Waals surface area contributed by atoms with Crippen LogP contribution in [0, 0.1) is 11.3 Å². The molecule has 0 bridgehead atoms. The van der Waals surface area contributed by atoms with Crippen LogP contribution < -0.4 is 4.90 Å². The highest BCUT2D eigenvalue weighted by molar-refractivity contribution is 7.85. The van der Waals surface area contributed by atoms with Crippen molar-refractivity contribution in [3.63, 3.8) is 0 Å². The van der Waals surface area contributed by atoms with E-state index in [1.807, 2.05) is 19.1 Å². The molecule has 0 saturated heterocycles. The molecule has 1 fully saturated rings. The van der Waals surface area contributed by atoms with E-state index in [1.54, 1.807) is 30.7 Å². The summed E-state index contributed by atoms with van der Waals surface area (Å²) in [6, 6.07) is 11.7. The van der Waals surface area contributed by atoms with E-state index in [2.05, 4.69) is 32.0 Å². The van der Waals surface area contributed by atoms with Gasteiger partial charge in [-0.1, -0.05) is 13.0 Å². The highest BCUT2D eigenvalue weighted by atomic mass is 32.2. The van der Waals surface area contributed by atoms with Crippen molar-refractivity contribution in [2.45, 2.75) is 30.1 Å². The van der Waals surface area contributed by atoms with E-state index in [9.17, 15) is 4.21 Å². The summed E-state index contributed by atoms with van der Waals surface area (Å²) in [4.78, 5) is 16.5. The molecule has 0 N–H and O–H groups in total. The SMILES string of the molecule is CC[S@@](=O)c1ccc2c(c1)N(c1ncc(-c3cc(C#N)ccn3)cn1)CC21CC1. The summed E-state index contributed by atoms with van der Waals surface area (Å²) in [5.74, 6) is 1.24. The zero-order chi connectivity index (χ0) is 20.0. The van der Waals surface area contributed by atoms with Crippen LogP contribution in [0.4, 0.5) is 11.6 Å². The largest absolute Gasteiger partial charge is 0.309 e. The first-order chi connectivity index (χ1) is 14.1. The van der Waals surface area contributed by atoms with Crippen LogP contribution in [0.25, 0.3) is 11.3 Å². The van der Waals surface area contributed by atoms with Gasteiger partial charge in [-0.2, -0.15) is 5.26 Å². The van der Waals surface area contributed by atoms with Gasteiger partial charge in [0.1, 0.15) is 0 Å². The molecule has 2 aliphatic rings. The number of fused-ring (bicyclic) bond motifs is 2. The topological polar surface area (TPSA) is 82.8 Å². The maximum atomic E-state index is 12.3. The van der Waals surface area contributed by atoms with Crippen LogP contribution in [0.15, 0.2) is 53.8 Å². The minimum absolute atomic E-state index is 0.187. The van der Waals surface area contributed by atoms with Crippen LogP contribution in [0.3, 0.4) is 0 Å². The molecule has 7 heteroatoms. The third-order valence-corrected chi connectivity index (χ3v) is 7.04. The number of pyridine rings is 1. The molecule has 29 heavy (non-hydrogen) atoms. The van der Waals surface area contributed by atoms with Gasteiger partial charge >= 0.3 is 0 Å². The summed E-state index contributed by atoms with van der Waals surface area (Å²) in [5, 5.41) is 9.09. The van der Waals surface area contributed by atoms with Gasteiger partial charge in [-0.25, -0.2) is 9.97 Å². The quantitative estimate of drug-likeness (QED) is 0.663. The number of nitrogens with zero attached hydrogens (tertiary/aromatic N) is 5. The highest BCUT2D eigenvalue weighted by Gasteiger charge is 2.52. The van der Waals surface area contributed by atoms with Crippen LogP contribution in [-0.4, -0.2) is 31.5 Å². The number of rotatable bonds is 4. The van der Waals surface area contributed by atoms with Crippen LogP contribution in [0.1, 0.15) is 30.9 Å². The van der Waals surface area contributed by atoms with Crippen molar-refractivity contribution in [3.8, 4) is 17.3 Å². The number of benzene rings is 1. The van der Waals surface area contributed by atoms with Gasteiger partial charge < -0.3 is 4.90 Å². The average Bonchev–Trinajstić information content (AvgIpc) is 3.49. The van der Waals surface area contributed by atoms with E-state index in [0.29, 0.717) is 23.0 Å². The summed E-state index contributed by atoms with van der Waals surface area (Å²) in [6.45, 7) is 2.78. The number of hydrogen-bond acceptors (Lipinski definition) is 6.